The van der Waals surface area contributed by atoms with Gasteiger partial charge in [0, 0.05) is 0 Å². The van der Waals surface area contributed by atoms with Crippen LogP contribution in [0.2, 0.25) is 0 Å². The molecule has 2 rings (SSSR count). The van der Waals surface area contributed by atoms with E-state index in [0.29, 0.717) is 11.8 Å². The third kappa shape index (κ3) is 3.82. The van der Waals surface area contributed by atoms with Crippen LogP contribution >= 0.6 is 0 Å². The molecular formula is C20H26N2. The Bertz CT molecular complexity index is 576. The molecule has 0 aliphatic rings. The summed E-state index contributed by atoms with van der Waals surface area (Å²) in [5.74, 6) is 1.000. The van der Waals surface area contributed by atoms with Crippen molar-refractivity contribution in [1.29, 1.82) is 0 Å². The summed E-state index contributed by atoms with van der Waals surface area (Å²) in [5.41, 5.74) is 4.51. The summed E-state index contributed by atoms with van der Waals surface area (Å²) < 4.78 is 0. The van der Waals surface area contributed by atoms with E-state index in [9.17, 15) is 0 Å². The van der Waals surface area contributed by atoms with Gasteiger partial charge in [-0.3, -0.25) is 0 Å². The first kappa shape index (κ1) is 16.4. The van der Waals surface area contributed by atoms with Crippen molar-refractivity contribution < 1.29 is 0 Å². The van der Waals surface area contributed by atoms with Gasteiger partial charge in [-0.15, -0.1) is 0 Å². The van der Waals surface area contributed by atoms with E-state index in [1.807, 2.05) is 12.1 Å². The first-order chi connectivity index (χ1) is 10.7. The highest BCUT2D eigenvalue weighted by molar-refractivity contribution is 5.50. The summed E-state index contributed by atoms with van der Waals surface area (Å²) in [6.07, 6.45) is 2.21. The summed E-state index contributed by atoms with van der Waals surface area (Å²) in [6.45, 7) is 8.89. The summed E-state index contributed by atoms with van der Waals surface area (Å²) in [4.78, 5) is 0. The van der Waals surface area contributed by atoms with Crippen LogP contribution in [0.3, 0.4) is 0 Å². The van der Waals surface area contributed by atoms with Crippen LogP contribution in [0.4, 0.5) is 11.4 Å². The fourth-order valence-electron chi connectivity index (χ4n) is 2.54. The van der Waals surface area contributed by atoms with Gasteiger partial charge in [-0.05, 0) is 47.9 Å². The molecule has 116 valence electrons. The van der Waals surface area contributed by atoms with Crippen molar-refractivity contribution in [3.63, 3.8) is 0 Å². The highest BCUT2D eigenvalue weighted by Crippen LogP contribution is 2.33. The van der Waals surface area contributed by atoms with E-state index in [1.54, 1.807) is 0 Å². The molecule has 2 unspecified atom stereocenters. The molecule has 0 saturated heterocycles. The molecule has 0 N–H and O–H groups in total. The van der Waals surface area contributed by atoms with Crippen LogP contribution in [-0.2, 0) is 0 Å². The molecule has 0 aliphatic carbocycles. The van der Waals surface area contributed by atoms with Crippen LogP contribution in [0.1, 0.15) is 63.5 Å². The molecule has 0 aliphatic heterocycles. The molecular weight excluding hydrogens is 268 g/mol. The molecule has 0 radical (unpaired) electrons. The third-order valence-corrected chi connectivity index (χ3v) is 4.43. The predicted octanol–water partition coefficient (Wildman–Crippen LogP) is 7.13. The minimum absolute atomic E-state index is 0.500. The van der Waals surface area contributed by atoms with Gasteiger partial charge in [0.05, 0.1) is 11.4 Å². The van der Waals surface area contributed by atoms with Crippen LogP contribution in [0, 0.1) is 0 Å². The average Bonchev–Trinajstić information content (AvgIpc) is 2.59. The van der Waals surface area contributed by atoms with E-state index in [4.69, 9.17) is 0 Å². The zero-order valence-corrected chi connectivity index (χ0v) is 14.1. The van der Waals surface area contributed by atoms with E-state index in [1.165, 1.54) is 11.1 Å². The molecule has 22 heavy (non-hydrogen) atoms. The van der Waals surface area contributed by atoms with Crippen LogP contribution in [0.5, 0.6) is 0 Å². The Morgan fingerprint density at radius 2 is 1.05 bits per heavy atom. The lowest BCUT2D eigenvalue weighted by Gasteiger charge is -2.12. The molecule has 2 aromatic carbocycles. The maximum absolute atomic E-state index is 4.55. The van der Waals surface area contributed by atoms with Gasteiger partial charge >= 0.3 is 0 Å². The largest absolute Gasteiger partial charge is 0.150 e. The average molecular weight is 294 g/mol. The van der Waals surface area contributed by atoms with Crippen LogP contribution < -0.4 is 0 Å². The van der Waals surface area contributed by atoms with Gasteiger partial charge in [0.15, 0.2) is 0 Å². The van der Waals surface area contributed by atoms with Crippen molar-refractivity contribution in [3.8, 4) is 0 Å². The van der Waals surface area contributed by atoms with Gasteiger partial charge in [-0.2, -0.15) is 10.2 Å². The maximum Gasteiger partial charge on any atom is 0.0891 e. The quantitative estimate of drug-likeness (QED) is 0.506. The second-order valence-electron chi connectivity index (χ2n) is 5.94. The lowest BCUT2D eigenvalue weighted by atomic mass is 9.97. The smallest absolute Gasteiger partial charge is 0.0891 e. The van der Waals surface area contributed by atoms with Crippen LogP contribution in [-0.4, -0.2) is 0 Å². The van der Waals surface area contributed by atoms with Crippen molar-refractivity contribution in [2.45, 2.75) is 52.4 Å². The van der Waals surface area contributed by atoms with E-state index < -0.39 is 0 Å². The minimum atomic E-state index is 0.500. The van der Waals surface area contributed by atoms with E-state index >= 15 is 0 Å². The molecule has 0 heterocycles. The Morgan fingerprint density at radius 3 is 1.41 bits per heavy atom. The monoisotopic (exact) mass is 294 g/mol. The van der Waals surface area contributed by atoms with Crippen LogP contribution in [0.15, 0.2) is 58.8 Å². The fourth-order valence-corrected chi connectivity index (χ4v) is 2.54. The fraction of sp³-hybridized carbons (Fsp3) is 0.400. The Labute approximate surface area is 134 Å². The van der Waals surface area contributed by atoms with Crippen molar-refractivity contribution in [1.82, 2.24) is 0 Å². The standard InChI is InChI=1S/C20H26N2/c1-5-15(3)17-11-7-9-13-19(17)21-22-20-14-10-8-12-18(20)16(4)6-2/h7-16H,5-6H2,1-4H3. The molecule has 0 bridgehead atoms. The number of hydrogen-bond donors (Lipinski definition) is 0. The molecule has 2 nitrogen and oxygen atoms in total. The summed E-state index contributed by atoms with van der Waals surface area (Å²) in [7, 11) is 0. The topological polar surface area (TPSA) is 24.7 Å². The third-order valence-electron chi connectivity index (χ3n) is 4.43. The Balaban J connectivity index is 2.34. The number of hydrogen-bond acceptors (Lipinski definition) is 2. The van der Waals surface area contributed by atoms with Crippen molar-refractivity contribution in [3.05, 3.63) is 59.7 Å². The number of azo groups is 1. The summed E-state index contributed by atoms with van der Waals surface area (Å²) in [5, 5.41) is 9.10. The number of rotatable bonds is 6. The highest BCUT2D eigenvalue weighted by Gasteiger charge is 2.10. The second-order valence-corrected chi connectivity index (χ2v) is 5.94. The van der Waals surface area contributed by atoms with Gasteiger partial charge in [0.1, 0.15) is 0 Å². The number of nitrogens with zero attached hydrogens (tertiary/aromatic N) is 2. The SMILES string of the molecule is CCC(C)c1ccccc1N=Nc1ccccc1C(C)CC. The van der Waals surface area contributed by atoms with Gasteiger partial charge in [0.2, 0.25) is 0 Å². The molecule has 0 amide bonds. The zero-order valence-electron chi connectivity index (χ0n) is 14.1. The van der Waals surface area contributed by atoms with Crippen molar-refractivity contribution >= 4 is 11.4 Å². The number of benzene rings is 2. The molecule has 2 heteroatoms. The van der Waals surface area contributed by atoms with E-state index in [2.05, 4.69) is 74.3 Å². The van der Waals surface area contributed by atoms with Crippen molar-refractivity contribution in [2.24, 2.45) is 10.2 Å². The molecule has 0 saturated carbocycles. The molecule has 2 atom stereocenters. The normalized spacial score (nSPS) is 14.2. The van der Waals surface area contributed by atoms with Gasteiger partial charge in [-0.1, -0.05) is 64.1 Å². The predicted molar refractivity (Wildman–Crippen MR) is 94.5 cm³/mol. The van der Waals surface area contributed by atoms with Gasteiger partial charge < -0.3 is 0 Å². The second kappa shape index (κ2) is 7.88. The van der Waals surface area contributed by atoms with Crippen LogP contribution in [0.25, 0.3) is 0 Å². The first-order valence-corrected chi connectivity index (χ1v) is 8.26. The van der Waals surface area contributed by atoms with Crippen molar-refractivity contribution in [2.75, 3.05) is 0 Å². The lowest BCUT2D eigenvalue weighted by molar-refractivity contribution is 0.730. The Kier molecular flexibility index (Phi) is 5.88. The Morgan fingerprint density at radius 1 is 0.682 bits per heavy atom. The molecule has 0 fully saturated rings. The lowest BCUT2D eigenvalue weighted by Crippen LogP contribution is -1.92. The summed E-state index contributed by atoms with van der Waals surface area (Å²) >= 11 is 0. The minimum Gasteiger partial charge on any atom is -0.150 e. The molecule has 2 aromatic rings. The zero-order chi connectivity index (χ0) is 15.9. The molecule has 0 spiro atoms. The molecule has 0 aromatic heterocycles. The first-order valence-electron chi connectivity index (χ1n) is 8.26. The van der Waals surface area contributed by atoms with E-state index in [0.717, 1.165) is 24.2 Å². The highest BCUT2D eigenvalue weighted by atomic mass is 15.1. The Hall–Kier alpha value is -1.96. The van der Waals surface area contributed by atoms with Gasteiger partial charge in [0.25, 0.3) is 0 Å². The van der Waals surface area contributed by atoms with E-state index in [-0.39, 0.29) is 0 Å². The summed E-state index contributed by atoms with van der Waals surface area (Å²) in [6, 6.07) is 16.6. The maximum atomic E-state index is 4.55. The van der Waals surface area contributed by atoms with Gasteiger partial charge in [-0.25, -0.2) is 0 Å².